The van der Waals surface area contributed by atoms with Gasteiger partial charge in [0.05, 0.1) is 0 Å². The van der Waals surface area contributed by atoms with Gasteiger partial charge in [0.2, 0.25) is 6.43 Å². The maximum absolute atomic E-state index is 13.3. The van der Waals surface area contributed by atoms with E-state index in [-0.39, 0.29) is 6.54 Å². The highest BCUT2D eigenvalue weighted by Crippen LogP contribution is 2.61. The molecule has 114 valence electrons. The number of rotatable bonds is 4. The lowest BCUT2D eigenvalue weighted by Crippen LogP contribution is -2.48. The summed E-state index contributed by atoms with van der Waals surface area (Å²) < 4.78 is 26.6. The summed E-state index contributed by atoms with van der Waals surface area (Å²) in [6.45, 7) is 0.273. The zero-order chi connectivity index (χ0) is 15.1. The summed E-state index contributed by atoms with van der Waals surface area (Å²) in [6, 6.07) is 9.34. The number of carboxylic acid groups (broad SMARTS) is 1. The number of carbonyl (C=O) groups is 1. The molecule has 21 heavy (non-hydrogen) atoms. The van der Waals surface area contributed by atoms with Gasteiger partial charge in [0.15, 0.2) is 0 Å². The van der Waals surface area contributed by atoms with Crippen LogP contribution in [0.15, 0.2) is 30.3 Å². The van der Waals surface area contributed by atoms with Crippen molar-refractivity contribution in [1.82, 2.24) is 4.90 Å². The monoisotopic (exact) mass is 295 g/mol. The predicted octanol–water partition coefficient (Wildman–Crippen LogP) is 4.13. The highest BCUT2D eigenvalue weighted by Gasteiger charge is 2.61. The van der Waals surface area contributed by atoms with E-state index in [0.29, 0.717) is 32.1 Å². The summed E-state index contributed by atoms with van der Waals surface area (Å²) in [5.74, 6) is 0. The molecule has 2 aliphatic rings. The molecule has 0 atom stereocenters. The normalized spacial score (nSPS) is 30.8. The van der Waals surface area contributed by atoms with Crippen LogP contribution >= 0.6 is 0 Å². The number of benzene rings is 1. The summed E-state index contributed by atoms with van der Waals surface area (Å²) in [5, 5.41) is 9.57. The van der Waals surface area contributed by atoms with Crippen molar-refractivity contribution < 1.29 is 18.7 Å². The van der Waals surface area contributed by atoms with Crippen LogP contribution in [0.1, 0.15) is 37.7 Å². The second-order valence-electron chi connectivity index (χ2n) is 6.42. The molecule has 0 unspecified atom stereocenters. The predicted molar refractivity (Wildman–Crippen MR) is 74.3 cm³/mol. The molecule has 3 rings (SSSR count). The van der Waals surface area contributed by atoms with Crippen LogP contribution in [0.4, 0.5) is 13.6 Å². The van der Waals surface area contributed by atoms with Crippen molar-refractivity contribution in [1.29, 1.82) is 0 Å². The Morgan fingerprint density at radius 3 is 2.29 bits per heavy atom. The number of nitrogens with zero attached hydrogens (tertiary/aromatic N) is 1. The van der Waals surface area contributed by atoms with E-state index in [4.69, 9.17) is 0 Å². The van der Waals surface area contributed by atoms with E-state index in [1.165, 1.54) is 4.90 Å². The summed E-state index contributed by atoms with van der Waals surface area (Å²) in [5.41, 5.74) is -0.654. The van der Waals surface area contributed by atoms with E-state index < -0.39 is 23.5 Å². The lowest BCUT2D eigenvalue weighted by Gasteiger charge is -2.38. The molecule has 1 aromatic carbocycles. The van der Waals surface area contributed by atoms with E-state index in [2.05, 4.69) is 0 Å². The van der Waals surface area contributed by atoms with Crippen LogP contribution in [0.3, 0.4) is 0 Å². The quantitative estimate of drug-likeness (QED) is 0.907. The average Bonchev–Trinajstić information content (AvgIpc) is 3.04. The fourth-order valence-electron chi connectivity index (χ4n) is 4.09. The molecule has 1 N–H and O–H groups in total. The average molecular weight is 295 g/mol. The Bertz CT molecular complexity index is 524. The lowest BCUT2D eigenvalue weighted by molar-refractivity contribution is 0.00146. The summed E-state index contributed by atoms with van der Waals surface area (Å²) in [7, 11) is 0. The molecule has 0 aliphatic heterocycles. The molecule has 0 spiro atoms. The maximum atomic E-state index is 13.3. The molecule has 0 radical (unpaired) electrons. The fourth-order valence-corrected chi connectivity index (χ4v) is 4.09. The van der Waals surface area contributed by atoms with Crippen LogP contribution < -0.4 is 0 Å². The first kappa shape index (κ1) is 14.3. The van der Waals surface area contributed by atoms with E-state index >= 15 is 0 Å². The van der Waals surface area contributed by atoms with Gasteiger partial charge in [-0.1, -0.05) is 30.3 Å². The van der Waals surface area contributed by atoms with Gasteiger partial charge in [-0.15, -0.1) is 0 Å². The number of fused-ring (bicyclic) bond motifs is 2. The van der Waals surface area contributed by atoms with Crippen molar-refractivity contribution in [2.75, 3.05) is 0 Å². The van der Waals surface area contributed by atoms with Crippen molar-refractivity contribution in [3.63, 3.8) is 0 Å². The van der Waals surface area contributed by atoms with Crippen molar-refractivity contribution in [2.24, 2.45) is 5.41 Å². The minimum Gasteiger partial charge on any atom is -0.465 e. The van der Waals surface area contributed by atoms with Gasteiger partial charge in [0, 0.05) is 17.5 Å². The molecule has 5 heteroatoms. The Balaban J connectivity index is 1.84. The third-order valence-electron chi connectivity index (χ3n) is 5.31. The van der Waals surface area contributed by atoms with Gasteiger partial charge < -0.3 is 5.11 Å². The van der Waals surface area contributed by atoms with Crippen molar-refractivity contribution in [2.45, 2.75) is 50.6 Å². The molecule has 1 aromatic rings. The maximum Gasteiger partial charge on any atom is 0.408 e. The van der Waals surface area contributed by atoms with Crippen LogP contribution in [0, 0.1) is 5.41 Å². The Kier molecular flexibility index (Phi) is 3.38. The van der Waals surface area contributed by atoms with Gasteiger partial charge in [-0.2, -0.15) is 0 Å². The second kappa shape index (κ2) is 4.97. The van der Waals surface area contributed by atoms with Gasteiger partial charge in [-0.3, -0.25) is 4.90 Å². The molecule has 0 saturated heterocycles. The number of alkyl halides is 2. The van der Waals surface area contributed by atoms with Gasteiger partial charge in [-0.25, -0.2) is 13.6 Å². The summed E-state index contributed by atoms with van der Waals surface area (Å²) in [6.07, 6.45) is -1.09. The van der Waals surface area contributed by atoms with Crippen LogP contribution in [0.5, 0.6) is 0 Å². The van der Waals surface area contributed by atoms with Crippen LogP contribution in [0.2, 0.25) is 0 Å². The highest BCUT2D eigenvalue weighted by atomic mass is 19.3. The summed E-state index contributed by atoms with van der Waals surface area (Å²) in [4.78, 5) is 13.1. The molecular weight excluding hydrogens is 276 g/mol. The number of hydrogen-bond donors (Lipinski definition) is 1. The Morgan fingerprint density at radius 1 is 1.19 bits per heavy atom. The fraction of sp³-hybridized carbons (Fsp3) is 0.562. The standard InChI is InChI=1S/C16H19F2NO2/c17-13(18)15-6-8-16(11-15,9-7-15)19(14(20)21)10-12-4-2-1-3-5-12/h1-5,13H,6-11H2,(H,20,21). The Morgan fingerprint density at radius 2 is 1.81 bits per heavy atom. The van der Waals surface area contributed by atoms with E-state index in [9.17, 15) is 18.7 Å². The molecule has 2 saturated carbocycles. The van der Waals surface area contributed by atoms with Gasteiger partial charge >= 0.3 is 6.09 Å². The molecule has 2 aliphatic carbocycles. The number of hydrogen-bond acceptors (Lipinski definition) is 1. The third-order valence-corrected chi connectivity index (χ3v) is 5.31. The lowest BCUT2D eigenvalue weighted by atomic mass is 9.84. The highest BCUT2D eigenvalue weighted by molar-refractivity contribution is 5.66. The molecule has 2 fully saturated rings. The van der Waals surface area contributed by atoms with Crippen LogP contribution in [0.25, 0.3) is 0 Å². The Hall–Kier alpha value is -1.65. The van der Waals surface area contributed by atoms with Crippen molar-refractivity contribution in [3.8, 4) is 0 Å². The van der Waals surface area contributed by atoms with Gasteiger partial charge in [-0.05, 0) is 37.7 Å². The third kappa shape index (κ3) is 2.28. The molecule has 3 nitrogen and oxygen atoms in total. The summed E-state index contributed by atoms with van der Waals surface area (Å²) >= 11 is 0. The zero-order valence-corrected chi connectivity index (χ0v) is 11.8. The topological polar surface area (TPSA) is 40.5 Å². The van der Waals surface area contributed by atoms with E-state index in [1.807, 2.05) is 30.3 Å². The SMILES string of the molecule is O=C(O)N(Cc1ccccc1)C12CCC(C(F)F)(CC1)C2. The van der Waals surface area contributed by atoms with Crippen LogP contribution in [-0.4, -0.2) is 28.1 Å². The van der Waals surface area contributed by atoms with E-state index in [1.54, 1.807) is 0 Å². The van der Waals surface area contributed by atoms with Crippen molar-refractivity contribution in [3.05, 3.63) is 35.9 Å². The van der Waals surface area contributed by atoms with Crippen molar-refractivity contribution >= 4 is 6.09 Å². The molecule has 0 aromatic heterocycles. The smallest absolute Gasteiger partial charge is 0.408 e. The minimum atomic E-state index is -2.35. The zero-order valence-electron chi connectivity index (χ0n) is 11.8. The first-order valence-electron chi connectivity index (χ1n) is 7.30. The molecule has 2 bridgehead atoms. The molecule has 0 heterocycles. The molecular formula is C16H19F2NO2. The number of amides is 1. The Labute approximate surface area is 122 Å². The van der Waals surface area contributed by atoms with Gasteiger partial charge in [0.1, 0.15) is 0 Å². The van der Waals surface area contributed by atoms with E-state index in [0.717, 1.165) is 5.56 Å². The molecule has 1 amide bonds. The number of halogens is 2. The first-order valence-corrected chi connectivity index (χ1v) is 7.30. The largest absolute Gasteiger partial charge is 0.465 e. The van der Waals surface area contributed by atoms with Gasteiger partial charge in [0.25, 0.3) is 0 Å². The minimum absolute atomic E-state index is 0.273. The van der Waals surface area contributed by atoms with Crippen LogP contribution in [-0.2, 0) is 6.54 Å². The second-order valence-corrected chi connectivity index (χ2v) is 6.42. The first-order chi connectivity index (χ1) is 9.97.